The molecule has 2 aromatic rings. The molecule has 8 heteroatoms. The van der Waals surface area contributed by atoms with E-state index in [0.29, 0.717) is 35.4 Å². The second-order valence-corrected chi connectivity index (χ2v) is 8.39. The number of piperidine rings is 1. The van der Waals surface area contributed by atoms with Crippen molar-refractivity contribution in [1.82, 2.24) is 9.97 Å². The van der Waals surface area contributed by atoms with E-state index in [1.807, 2.05) is 0 Å². The number of esters is 1. The number of carbonyl (C=O) groups excluding carboxylic acids is 1. The van der Waals surface area contributed by atoms with Gasteiger partial charge in [-0.1, -0.05) is 0 Å². The smallest absolute Gasteiger partial charge is 0.317 e. The molecule has 0 bridgehead atoms. The number of methoxy groups -OCH3 is 1. The number of nitrogens with zero attached hydrogens (tertiary/aromatic N) is 3. The number of carbonyl (C=O) groups is 1. The molecular formula is C22H28N4O4. The molecule has 1 aliphatic rings. The number of H-pyrrole nitrogens is 1. The van der Waals surface area contributed by atoms with Crippen molar-refractivity contribution in [2.24, 2.45) is 0 Å². The van der Waals surface area contributed by atoms with Gasteiger partial charge in [0.1, 0.15) is 17.0 Å². The van der Waals surface area contributed by atoms with Crippen molar-refractivity contribution >= 4 is 22.6 Å². The first-order valence-electron chi connectivity index (χ1n) is 10.1. The fraction of sp³-hybridized carbons (Fsp3) is 0.545. The third kappa shape index (κ3) is 3.77. The maximum absolute atomic E-state index is 12.6. The van der Waals surface area contributed by atoms with Crippen molar-refractivity contribution in [3.05, 3.63) is 33.9 Å². The van der Waals surface area contributed by atoms with Gasteiger partial charge in [0, 0.05) is 25.6 Å². The molecule has 30 heavy (non-hydrogen) atoms. The molecule has 0 aromatic carbocycles. The first-order valence-corrected chi connectivity index (χ1v) is 10.1. The lowest BCUT2D eigenvalue weighted by Crippen LogP contribution is -2.44. The van der Waals surface area contributed by atoms with Crippen molar-refractivity contribution < 1.29 is 14.3 Å². The van der Waals surface area contributed by atoms with Crippen LogP contribution in [0.15, 0.2) is 17.1 Å². The van der Waals surface area contributed by atoms with Gasteiger partial charge in [0.25, 0.3) is 5.56 Å². The van der Waals surface area contributed by atoms with Gasteiger partial charge in [0.2, 0.25) is 0 Å². The van der Waals surface area contributed by atoms with Crippen LogP contribution in [0.3, 0.4) is 0 Å². The van der Waals surface area contributed by atoms with Gasteiger partial charge in [0.05, 0.1) is 35.3 Å². The number of aromatic nitrogens is 2. The molecular weight excluding hydrogens is 384 g/mol. The minimum absolute atomic E-state index is 0.0645. The highest BCUT2D eigenvalue weighted by molar-refractivity contribution is 5.95. The van der Waals surface area contributed by atoms with Crippen molar-refractivity contribution in [2.45, 2.75) is 51.6 Å². The van der Waals surface area contributed by atoms with Crippen molar-refractivity contribution in [3.8, 4) is 6.07 Å². The average Bonchev–Trinajstić information content (AvgIpc) is 2.73. The van der Waals surface area contributed by atoms with E-state index in [0.717, 1.165) is 12.8 Å². The first-order chi connectivity index (χ1) is 14.2. The Morgan fingerprint density at radius 1 is 1.40 bits per heavy atom. The van der Waals surface area contributed by atoms with Crippen LogP contribution >= 0.6 is 0 Å². The highest BCUT2D eigenvalue weighted by atomic mass is 16.5. The van der Waals surface area contributed by atoms with Gasteiger partial charge in [-0.15, -0.1) is 0 Å². The van der Waals surface area contributed by atoms with Gasteiger partial charge >= 0.3 is 5.97 Å². The predicted octanol–water partition coefficient (Wildman–Crippen LogP) is 2.64. The zero-order valence-corrected chi connectivity index (χ0v) is 18.2. The Morgan fingerprint density at radius 3 is 2.63 bits per heavy atom. The number of anilines is 1. The van der Waals surface area contributed by atoms with Crippen LogP contribution in [-0.4, -0.2) is 48.3 Å². The van der Waals surface area contributed by atoms with Gasteiger partial charge in [-0.05, 0) is 46.6 Å². The molecule has 0 aliphatic carbocycles. The van der Waals surface area contributed by atoms with Crippen molar-refractivity contribution in [2.75, 3.05) is 31.7 Å². The van der Waals surface area contributed by atoms with E-state index in [1.54, 1.807) is 40.1 Å². The Hall–Kier alpha value is -2.92. The number of fused-ring (bicyclic) bond motifs is 1. The number of rotatable bonds is 5. The van der Waals surface area contributed by atoms with Gasteiger partial charge < -0.3 is 19.4 Å². The molecule has 8 nitrogen and oxygen atoms in total. The molecule has 0 spiro atoms. The number of aromatic amines is 1. The van der Waals surface area contributed by atoms with Gasteiger partial charge in [-0.3, -0.25) is 14.6 Å². The minimum atomic E-state index is -0.971. The molecule has 0 unspecified atom stereocenters. The third-order valence-corrected chi connectivity index (χ3v) is 6.04. The Kier molecular flexibility index (Phi) is 5.86. The molecule has 2 aromatic heterocycles. The summed E-state index contributed by atoms with van der Waals surface area (Å²) in [5.74, 6) is -0.378. The number of hydrogen-bond acceptors (Lipinski definition) is 7. The highest BCUT2D eigenvalue weighted by Gasteiger charge is 2.35. The summed E-state index contributed by atoms with van der Waals surface area (Å²) in [6, 6.07) is 3.84. The SMILES string of the molecule is CCOC(=O)C(C)(C)c1cc2c(N3CCC(C)(OC)CC3)c(C#N)c(=O)[nH]c2cn1. The maximum atomic E-state index is 12.6. The lowest BCUT2D eigenvalue weighted by atomic mass is 9.87. The molecule has 3 heterocycles. The predicted molar refractivity (Wildman–Crippen MR) is 114 cm³/mol. The fourth-order valence-corrected chi connectivity index (χ4v) is 3.78. The van der Waals surface area contributed by atoms with Crippen LogP contribution in [0.1, 0.15) is 51.8 Å². The van der Waals surface area contributed by atoms with Crippen molar-refractivity contribution in [3.63, 3.8) is 0 Å². The summed E-state index contributed by atoms with van der Waals surface area (Å²) in [4.78, 5) is 34.2. The Labute approximate surface area is 175 Å². The summed E-state index contributed by atoms with van der Waals surface area (Å²) in [5.41, 5.74) is 0.0494. The molecule has 3 rings (SSSR count). The molecule has 160 valence electrons. The zero-order chi connectivity index (χ0) is 22.1. The largest absolute Gasteiger partial charge is 0.465 e. The van der Waals surface area contributed by atoms with Crippen LogP contribution in [0.5, 0.6) is 0 Å². The molecule has 1 fully saturated rings. The third-order valence-electron chi connectivity index (χ3n) is 6.04. The van der Waals surface area contributed by atoms with Gasteiger partial charge in [0.15, 0.2) is 0 Å². The summed E-state index contributed by atoms with van der Waals surface area (Å²) in [6.07, 6.45) is 3.09. The quantitative estimate of drug-likeness (QED) is 0.752. The van der Waals surface area contributed by atoms with E-state index in [-0.39, 0.29) is 23.7 Å². The van der Waals surface area contributed by atoms with E-state index in [1.165, 1.54) is 0 Å². The number of hydrogen-bond donors (Lipinski definition) is 1. The fourth-order valence-electron chi connectivity index (χ4n) is 3.78. The second-order valence-electron chi connectivity index (χ2n) is 8.39. The molecule has 0 radical (unpaired) electrons. The minimum Gasteiger partial charge on any atom is -0.465 e. The van der Waals surface area contributed by atoms with E-state index in [2.05, 4.69) is 27.9 Å². The number of nitriles is 1. The topological polar surface area (TPSA) is 108 Å². The van der Waals surface area contributed by atoms with Crippen LogP contribution < -0.4 is 10.5 Å². The van der Waals surface area contributed by atoms with Crippen molar-refractivity contribution in [1.29, 1.82) is 5.26 Å². The molecule has 1 N–H and O–H groups in total. The summed E-state index contributed by atoms with van der Waals surface area (Å²) >= 11 is 0. The summed E-state index contributed by atoms with van der Waals surface area (Å²) in [5, 5.41) is 10.4. The highest BCUT2D eigenvalue weighted by Crippen LogP contribution is 2.35. The van der Waals surface area contributed by atoms with Gasteiger partial charge in [-0.25, -0.2) is 0 Å². The van der Waals surface area contributed by atoms with E-state index < -0.39 is 11.0 Å². The lowest BCUT2D eigenvalue weighted by molar-refractivity contribution is -0.148. The number of nitrogens with one attached hydrogen (secondary N) is 1. The summed E-state index contributed by atoms with van der Waals surface area (Å²) in [6.45, 7) is 8.90. The van der Waals surface area contributed by atoms with Crippen LogP contribution in [0.2, 0.25) is 0 Å². The second kappa shape index (κ2) is 8.07. The zero-order valence-electron chi connectivity index (χ0n) is 18.2. The molecule has 0 amide bonds. The van der Waals surface area contributed by atoms with E-state index in [4.69, 9.17) is 9.47 Å². The van der Waals surface area contributed by atoms with Crippen LogP contribution in [0.4, 0.5) is 5.69 Å². The van der Waals surface area contributed by atoms with E-state index >= 15 is 0 Å². The Morgan fingerprint density at radius 2 is 2.07 bits per heavy atom. The lowest BCUT2D eigenvalue weighted by Gasteiger charge is -2.40. The van der Waals surface area contributed by atoms with Crippen LogP contribution in [0.25, 0.3) is 10.9 Å². The molecule has 0 atom stereocenters. The standard InChI is InChI=1S/C22H28N4O4/c1-6-30-20(28)21(2,3)17-11-14-16(13-24-17)25-19(27)15(12-23)18(14)26-9-7-22(4,29-5)8-10-26/h11,13H,6-10H2,1-5H3,(H,25,27). The van der Waals surface area contributed by atoms with Crippen LogP contribution in [-0.2, 0) is 19.7 Å². The molecule has 0 saturated carbocycles. The Balaban J connectivity index is 2.16. The van der Waals surface area contributed by atoms with Crippen LogP contribution in [0, 0.1) is 11.3 Å². The Bertz CT molecular complexity index is 1060. The maximum Gasteiger partial charge on any atom is 0.317 e. The monoisotopic (exact) mass is 412 g/mol. The molecule has 1 aliphatic heterocycles. The normalized spacial score (nSPS) is 16.3. The van der Waals surface area contributed by atoms with Gasteiger partial charge in [-0.2, -0.15) is 5.26 Å². The molecule has 1 saturated heterocycles. The number of pyridine rings is 2. The first kappa shape index (κ1) is 21.8. The summed E-state index contributed by atoms with van der Waals surface area (Å²) in [7, 11) is 1.70. The van der Waals surface area contributed by atoms with E-state index in [9.17, 15) is 14.9 Å². The summed E-state index contributed by atoms with van der Waals surface area (Å²) < 4.78 is 10.8. The average molecular weight is 412 g/mol. The number of ether oxygens (including phenoxy) is 2.